The predicted molar refractivity (Wildman–Crippen MR) is 114 cm³/mol. The number of anilines is 1. The van der Waals surface area contributed by atoms with Crippen LogP contribution in [0.5, 0.6) is 11.5 Å². The fourth-order valence-electron chi connectivity index (χ4n) is 2.59. The highest BCUT2D eigenvalue weighted by molar-refractivity contribution is 7.17. The van der Waals surface area contributed by atoms with Crippen molar-refractivity contribution < 1.29 is 19.0 Å². The Labute approximate surface area is 173 Å². The van der Waals surface area contributed by atoms with Gasteiger partial charge in [0.2, 0.25) is 5.13 Å². The molecule has 0 bridgehead atoms. The summed E-state index contributed by atoms with van der Waals surface area (Å²) in [7, 11) is 2.94. The Morgan fingerprint density at radius 2 is 1.97 bits per heavy atom. The lowest BCUT2D eigenvalue weighted by Crippen LogP contribution is -2.00. The third-order valence-corrected chi connectivity index (χ3v) is 4.85. The number of hydrogen-bond acceptors (Lipinski definition) is 8. The van der Waals surface area contributed by atoms with Crippen molar-refractivity contribution in [3.63, 3.8) is 0 Å². The van der Waals surface area contributed by atoms with Crippen LogP contribution >= 0.6 is 11.3 Å². The first-order valence-electron chi connectivity index (χ1n) is 8.90. The number of methoxy groups -OCH3 is 2. The Balaban J connectivity index is 1.80. The van der Waals surface area contributed by atoms with Crippen molar-refractivity contribution in [3.8, 4) is 22.8 Å². The summed E-state index contributed by atoms with van der Waals surface area (Å²) in [6.07, 6.45) is 1.64. The lowest BCUT2D eigenvalue weighted by Gasteiger charge is -2.09. The van der Waals surface area contributed by atoms with Gasteiger partial charge in [-0.3, -0.25) is 5.43 Å². The predicted octanol–water partition coefficient (Wildman–Crippen LogP) is 4.45. The van der Waals surface area contributed by atoms with Crippen LogP contribution in [0.1, 0.15) is 22.2 Å². The van der Waals surface area contributed by atoms with Crippen molar-refractivity contribution in [2.45, 2.75) is 6.92 Å². The summed E-state index contributed by atoms with van der Waals surface area (Å²) in [6, 6.07) is 15.0. The van der Waals surface area contributed by atoms with E-state index in [1.54, 1.807) is 13.3 Å². The molecule has 0 amide bonds. The van der Waals surface area contributed by atoms with E-state index in [4.69, 9.17) is 14.2 Å². The van der Waals surface area contributed by atoms with Crippen molar-refractivity contribution in [1.29, 1.82) is 0 Å². The Morgan fingerprint density at radius 3 is 2.66 bits per heavy atom. The van der Waals surface area contributed by atoms with Crippen LogP contribution in [-0.2, 0) is 4.74 Å². The molecule has 0 fully saturated rings. The molecule has 1 heterocycles. The second-order valence-corrected chi connectivity index (χ2v) is 6.77. The largest absolute Gasteiger partial charge is 0.493 e. The molecule has 8 heteroatoms. The van der Waals surface area contributed by atoms with E-state index < -0.39 is 5.97 Å². The van der Waals surface area contributed by atoms with E-state index in [0.29, 0.717) is 33.8 Å². The van der Waals surface area contributed by atoms with Crippen LogP contribution in [0.3, 0.4) is 0 Å². The lowest BCUT2D eigenvalue weighted by atomic mass is 10.1. The molecular weight excluding hydrogens is 390 g/mol. The van der Waals surface area contributed by atoms with Gasteiger partial charge >= 0.3 is 5.97 Å². The summed E-state index contributed by atoms with van der Waals surface area (Å²) in [5, 5.41) is 4.71. The van der Waals surface area contributed by atoms with E-state index in [0.717, 1.165) is 11.1 Å². The molecule has 7 nitrogen and oxygen atoms in total. The number of nitrogens with zero attached hydrogens (tertiary/aromatic N) is 2. The van der Waals surface area contributed by atoms with Crippen LogP contribution in [0.25, 0.3) is 11.3 Å². The standard InChI is InChI=1S/C21H21N3O4S/c1-4-28-16-11-10-14(12-17(16)26-2)13-22-24-21-23-18(15-8-6-5-7-9-15)19(29-21)20(25)27-3/h5-13H,4H2,1-3H3,(H,23,24)/b22-13-. The molecule has 0 saturated carbocycles. The van der Waals surface area contributed by atoms with Crippen molar-refractivity contribution in [3.05, 3.63) is 59.0 Å². The van der Waals surface area contributed by atoms with Crippen molar-refractivity contribution >= 4 is 28.7 Å². The molecule has 0 radical (unpaired) electrons. The summed E-state index contributed by atoms with van der Waals surface area (Å²) < 4.78 is 15.7. The van der Waals surface area contributed by atoms with E-state index in [9.17, 15) is 4.79 Å². The fraction of sp³-hybridized carbons (Fsp3) is 0.190. The van der Waals surface area contributed by atoms with E-state index in [1.165, 1.54) is 18.4 Å². The minimum atomic E-state index is -0.436. The summed E-state index contributed by atoms with van der Waals surface area (Å²) in [6.45, 7) is 2.47. The topological polar surface area (TPSA) is 82.0 Å². The first-order valence-corrected chi connectivity index (χ1v) is 9.72. The monoisotopic (exact) mass is 411 g/mol. The third kappa shape index (κ3) is 4.91. The molecule has 0 aliphatic carbocycles. The first-order chi connectivity index (χ1) is 14.2. The van der Waals surface area contributed by atoms with Crippen molar-refractivity contribution in [2.75, 3.05) is 26.3 Å². The average molecular weight is 411 g/mol. The average Bonchev–Trinajstić information content (AvgIpc) is 3.19. The number of rotatable bonds is 8. The molecule has 0 aliphatic rings. The summed E-state index contributed by atoms with van der Waals surface area (Å²) in [5.74, 6) is 0.870. The smallest absolute Gasteiger partial charge is 0.350 e. The van der Waals surface area contributed by atoms with Crippen LogP contribution in [-0.4, -0.2) is 38.0 Å². The zero-order valence-electron chi connectivity index (χ0n) is 16.3. The van der Waals surface area contributed by atoms with E-state index >= 15 is 0 Å². The van der Waals surface area contributed by atoms with Gasteiger partial charge in [0.1, 0.15) is 4.88 Å². The Bertz CT molecular complexity index is 1000. The molecule has 0 spiro atoms. The van der Waals surface area contributed by atoms with Crippen molar-refractivity contribution in [2.24, 2.45) is 5.10 Å². The van der Waals surface area contributed by atoms with Crippen molar-refractivity contribution in [1.82, 2.24) is 4.98 Å². The number of aromatic nitrogens is 1. The number of hydrazone groups is 1. The molecule has 0 saturated heterocycles. The number of carbonyl (C=O) groups is 1. The maximum Gasteiger partial charge on any atom is 0.350 e. The van der Waals surface area contributed by atoms with Gasteiger partial charge in [0.25, 0.3) is 0 Å². The number of esters is 1. The van der Waals surface area contributed by atoms with Crippen LogP contribution in [0, 0.1) is 0 Å². The molecule has 3 aromatic rings. The molecule has 0 atom stereocenters. The van der Waals surface area contributed by atoms with E-state index in [2.05, 4.69) is 15.5 Å². The number of benzene rings is 2. The molecule has 1 aromatic heterocycles. The van der Waals surface area contributed by atoms with Crippen LogP contribution in [0.2, 0.25) is 0 Å². The van der Waals surface area contributed by atoms with Gasteiger partial charge in [0.15, 0.2) is 11.5 Å². The van der Waals surface area contributed by atoms with Crippen LogP contribution in [0.4, 0.5) is 5.13 Å². The Hall–Kier alpha value is -3.39. The summed E-state index contributed by atoms with van der Waals surface area (Å²) in [5.41, 5.74) is 5.09. The molecule has 0 unspecified atom stereocenters. The molecule has 29 heavy (non-hydrogen) atoms. The molecule has 3 rings (SSSR count). The van der Waals surface area contributed by atoms with Gasteiger partial charge in [-0.15, -0.1) is 0 Å². The molecule has 0 aliphatic heterocycles. The molecule has 1 N–H and O–H groups in total. The second-order valence-electron chi connectivity index (χ2n) is 5.77. The quantitative estimate of drug-likeness (QED) is 0.335. The number of nitrogens with one attached hydrogen (secondary N) is 1. The highest BCUT2D eigenvalue weighted by atomic mass is 32.1. The number of carbonyl (C=O) groups excluding carboxylic acids is 1. The third-order valence-electron chi connectivity index (χ3n) is 3.91. The van der Waals surface area contributed by atoms with Gasteiger partial charge in [-0.25, -0.2) is 9.78 Å². The Morgan fingerprint density at radius 1 is 1.17 bits per heavy atom. The lowest BCUT2D eigenvalue weighted by molar-refractivity contribution is 0.0607. The van der Waals surface area contributed by atoms with Gasteiger partial charge in [-0.1, -0.05) is 41.7 Å². The first kappa shape index (κ1) is 20.3. The maximum atomic E-state index is 12.1. The minimum absolute atomic E-state index is 0.416. The SMILES string of the molecule is CCOc1ccc(/C=N\Nc2nc(-c3ccccc3)c(C(=O)OC)s2)cc1OC. The van der Waals surface area contributed by atoms with Gasteiger partial charge in [-0.2, -0.15) is 5.10 Å². The number of ether oxygens (including phenoxy) is 3. The van der Waals surface area contributed by atoms with Gasteiger partial charge in [0, 0.05) is 5.56 Å². The Kier molecular flexibility index (Phi) is 6.80. The summed E-state index contributed by atoms with van der Waals surface area (Å²) in [4.78, 5) is 17.0. The normalized spacial score (nSPS) is 10.7. The highest BCUT2D eigenvalue weighted by Crippen LogP contribution is 2.32. The van der Waals surface area contributed by atoms with E-state index in [1.807, 2.05) is 55.5 Å². The number of hydrogen-bond donors (Lipinski definition) is 1. The van der Waals surface area contributed by atoms with Crippen LogP contribution < -0.4 is 14.9 Å². The van der Waals surface area contributed by atoms with Gasteiger partial charge < -0.3 is 14.2 Å². The maximum absolute atomic E-state index is 12.1. The zero-order valence-corrected chi connectivity index (χ0v) is 17.2. The molecule has 2 aromatic carbocycles. The highest BCUT2D eigenvalue weighted by Gasteiger charge is 2.19. The van der Waals surface area contributed by atoms with E-state index in [-0.39, 0.29) is 0 Å². The summed E-state index contributed by atoms with van der Waals surface area (Å²) >= 11 is 1.18. The zero-order chi connectivity index (χ0) is 20.6. The van der Waals surface area contributed by atoms with Gasteiger partial charge in [-0.05, 0) is 30.7 Å². The molecular formula is C21H21N3O4S. The second kappa shape index (κ2) is 9.70. The van der Waals surface area contributed by atoms with Crippen LogP contribution in [0.15, 0.2) is 53.6 Å². The minimum Gasteiger partial charge on any atom is -0.493 e. The molecule has 150 valence electrons. The fourth-order valence-corrected chi connectivity index (χ4v) is 3.45. The van der Waals surface area contributed by atoms with Gasteiger partial charge in [0.05, 0.1) is 32.7 Å². The number of thiazole rings is 1.